The Kier molecular flexibility index (Phi) is 4.76. The van der Waals surface area contributed by atoms with Crippen molar-refractivity contribution in [3.63, 3.8) is 0 Å². The molecule has 0 aliphatic rings. The molecule has 0 fully saturated rings. The monoisotopic (exact) mass is 324 g/mol. The molecule has 0 saturated heterocycles. The number of halogens is 2. The minimum absolute atomic E-state index is 0.113. The van der Waals surface area contributed by atoms with Gasteiger partial charge in [-0.05, 0) is 28.4 Å². The Morgan fingerprint density at radius 3 is 2.71 bits per heavy atom. The van der Waals surface area contributed by atoms with E-state index in [0.29, 0.717) is 28.8 Å². The number of nitrogen functional groups attached to an aromatic ring is 1. The Labute approximate surface area is 108 Å². The molecule has 0 aromatic heterocycles. The maximum atomic E-state index is 13.1. The average Bonchev–Trinajstić information content (AvgIpc) is 2.18. The third-order valence-electron chi connectivity index (χ3n) is 2.10. The first-order chi connectivity index (χ1) is 7.79. The van der Waals surface area contributed by atoms with Crippen LogP contribution < -0.4 is 11.1 Å². The third-order valence-corrected chi connectivity index (χ3v) is 3.74. The van der Waals surface area contributed by atoms with Crippen LogP contribution in [0.5, 0.6) is 0 Å². The molecule has 17 heavy (non-hydrogen) atoms. The van der Waals surface area contributed by atoms with Crippen LogP contribution in [0.15, 0.2) is 16.6 Å². The Hall–Kier alpha value is -0.820. The standard InChI is InChI=1S/C10H14BrFN2O2S/c1-17(15,16)4-2-3-14-10-5-7(11)8(12)6-9(10)13/h5-6,14H,2-4,13H2,1H3. The van der Waals surface area contributed by atoms with Gasteiger partial charge in [0.15, 0.2) is 0 Å². The highest BCUT2D eigenvalue weighted by molar-refractivity contribution is 9.10. The van der Waals surface area contributed by atoms with Crippen LogP contribution in [0.4, 0.5) is 15.8 Å². The van der Waals surface area contributed by atoms with Crippen LogP contribution in [0.2, 0.25) is 0 Å². The lowest BCUT2D eigenvalue weighted by Crippen LogP contribution is -2.10. The number of nitrogens with one attached hydrogen (secondary N) is 1. The maximum Gasteiger partial charge on any atom is 0.147 e. The van der Waals surface area contributed by atoms with E-state index in [-0.39, 0.29) is 5.75 Å². The van der Waals surface area contributed by atoms with Gasteiger partial charge in [-0.1, -0.05) is 0 Å². The van der Waals surface area contributed by atoms with Gasteiger partial charge in [-0.15, -0.1) is 0 Å². The van der Waals surface area contributed by atoms with E-state index in [4.69, 9.17) is 5.73 Å². The van der Waals surface area contributed by atoms with Gasteiger partial charge in [0.1, 0.15) is 15.7 Å². The van der Waals surface area contributed by atoms with Crippen molar-refractivity contribution in [3.05, 3.63) is 22.4 Å². The molecule has 96 valence electrons. The van der Waals surface area contributed by atoms with E-state index in [0.717, 1.165) is 0 Å². The van der Waals surface area contributed by atoms with Gasteiger partial charge in [-0.2, -0.15) is 0 Å². The lowest BCUT2D eigenvalue weighted by Gasteiger charge is -2.10. The first-order valence-electron chi connectivity index (χ1n) is 4.96. The van der Waals surface area contributed by atoms with E-state index in [9.17, 15) is 12.8 Å². The summed E-state index contributed by atoms with van der Waals surface area (Å²) in [7, 11) is -2.94. The van der Waals surface area contributed by atoms with Crippen LogP contribution in [0, 0.1) is 5.82 Å². The summed E-state index contributed by atoms with van der Waals surface area (Å²) in [6, 6.07) is 2.74. The number of nitrogens with two attached hydrogens (primary N) is 1. The molecular weight excluding hydrogens is 311 g/mol. The van der Waals surface area contributed by atoms with Gasteiger partial charge in [0.2, 0.25) is 0 Å². The fraction of sp³-hybridized carbons (Fsp3) is 0.400. The molecule has 0 saturated carbocycles. The molecule has 1 aromatic carbocycles. The Bertz CT molecular complexity index is 505. The lowest BCUT2D eigenvalue weighted by atomic mass is 10.2. The largest absolute Gasteiger partial charge is 0.397 e. The van der Waals surface area contributed by atoms with Crippen molar-refractivity contribution in [2.45, 2.75) is 6.42 Å². The van der Waals surface area contributed by atoms with E-state index in [1.807, 2.05) is 0 Å². The zero-order chi connectivity index (χ0) is 13.1. The molecule has 0 amide bonds. The molecule has 0 heterocycles. The van der Waals surface area contributed by atoms with Crippen LogP contribution in [-0.2, 0) is 9.84 Å². The van der Waals surface area contributed by atoms with Crippen molar-refractivity contribution in [2.24, 2.45) is 0 Å². The van der Waals surface area contributed by atoms with Crippen molar-refractivity contribution >= 4 is 37.1 Å². The second-order valence-electron chi connectivity index (χ2n) is 3.76. The molecule has 1 aromatic rings. The number of anilines is 2. The number of rotatable bonds is 5. The Morgan fingerprint density at radius 2 is 2.12 bits per heavy atom. The van der Waals surface area contributed by atoms with Crippen LogP contribution in [0.25, 0.3) is 0 Å². The molecule has 4 nitrogen and oxygen atoms in total. The van der Waals surface area contributed by atoms with Crippen LogP contribution >= 0.6 is 15.9 Å². The summed E-state index contributed by atoms with van der Waals surface area (Å²) in [6.45, 7) is 0.468. The van der Waals surface area contributed by atoms with Gasteiger partial charge in [0.05, 0.1) is 21.6 Å². The van der Waals surface area contributed by atoms with Crippen LogP contribution in [0.3, 0.4) is 0 Å². The quantitative estimate of drug-likeness (QED) is 0.642. The summed E-state index contributed by atoms with van der Waals surface area (Å²) in [6.07, 6.45) is 1.67. The second kappa shape index (κ2) is 5.68. The van der Waals surface area contributed by atoms with Gasteiger partial charge in [0.25, 0.3) is 0 Å². The van der Waals surface area contributed by atoms with E-state index in [1.165, 1.54) is 18.4 Å². The molecular formula is C10H14BrFN2O2S. The summed E-state index contributed by atoms with van der Waals surface area (Å²) >= 11 is 3.05. The van der Waals surface area contributed by atoms with Crippen molar-refractivity contribution in [3.8, 4) is 0 Å². The van der Waals surface area contributed by atoms with Gasteiger partial charge in [-0.3, -0.25) is 0 Å². The van der Waals surface area contributed by atoms with Gasteiger partial charge in [-0.25, -0.2) is 12.8 Å². The van der Waals surface area contributed by atoms with Crippen molar-refractivity contribution < 1.29 is 12.8 Å². The van der Waals surface area contributed by atoms with Crippen molar-refractivity contribution in [1.29, 1.82) is 0 Å². The minimum Gasteiger partial charge on any atom is -0.397 e. The molecule has 0 aliphatic carbocycles. The van der Waals surface area contributed by atoms with Gasteiger partial charge in [0, 0.05) is 18.9 Å². The Balaban J connectivity index is 2.55. The summed E-state index contributed by atoms with van der Waals surface area (Å²) in [5.74, 6) is -0.313. The Morgan fingerprint density at radius 1 is 1.47 bits per heavy atom. The molecule has 0 unspecified atom stereocenters. The van der Waals surface area contributed by atoms with E-state index in [1.54, 1.807) is 0 Å². The van der Waals surface area contributed by atoms with E-state index >= 15 is 0 Å². The molecule has 0 spiro atoms. The van der Waals surface area contributed by atoms with Gasteiger partial charge >= 0.3 is 0 Å². The SMILES string of the molecule is CS(=O)(=O)CCCNc1cc(Br)c(F)cc1N. The van der Waals surface area contributed by atoms with Gasteiger partial charge < -0.3 is 11.1 Å². The first kappa shape index (κ1) is 14.2. The average molecular weight is 325 g/mol. The van der Waals surface area contributed by atoms with Crippen LogP contribution in [-0.4, -0.2) is 27.0 Å². The predicted octanol–water partition coefficient (Wildman–Crippen LogP) is 2.02. The zero-order valence-corrected chi connectivity index (χ0v) is 11.7. The number of hydrogen-bond acceptors (Lipinski definition) is 4. The first-order valence-corrected chi connectivity index (χ1v) is 7.81. The molecule has 3 N–H and O–H groups in total. The summed E-state index contributed by atoms with van der Waals surface area (Å²) in [5.41, 5.74) is 6.50. The van der Waals surface area contributed by atoms with Crippen molar-refractivity contribution in [2.75, 3.05) is 29.6 Å². The third kappa shape index (κ3) is 4.91. The lowest BCUT2D eigenvalue weighted by molar-refractivity contribution is 0.600. The second-order valence-corrected chi connectivity index (χ2v) is 6.88. The van der Waals surface area contributed by atoms with E-state index in [2.05, 4.69) is 21.2 Å². The molecule has 0 radical (unpaired) electrons. The minimum atomic E-state index is -2.94. The molecule has 7 heteroatoms. The molecule has 0 aliphatic heterocycles. The summed E-state index contributed by atoms with van der Waals surface area (Å²) in [4.78, 5) is 0. The fourth-order valence-electron chi connectivity index (χ4n) is 1.27. The fourth-order valence-corrected chi connectivity index (χ4v) is 2.28. The maximum absolute atomic E-state index is 13.1. The number of hydrogen-bond donors (Lipinski definition) is 2. The van der Waals surface area contributed by atoms with Crippen molar-refractivity contribution in [1.82, 2.24) is 0 Å². The highest BCUT2D eigenvalue weighted by atomic mass is 79.9. The molecule has 0 bridgehead atoms. The predicted molar refractivity (Wildman–Crippen MR) is 71.3 cm³/mol. The normalized spacial score (nSPS) is 11.5. The highest BCUT2D eigenvalue weighted by Gasteiger charge is 2.06. The summed E-state index contributed by atoms with van der Waals surface area (Å²) in [5, 5.41) is 2.97. The van der Waals surface area contributed by atoms with Crippen LogP contribution in [0.1, 0.15) is 6.42 Å². The number of benzene rings is 1. The summed E-state index contributed by atoms with van der Waals surface area (Å²) < 4.78 is 35.2. The topological polar surface area (TPSA) is 72.2 Å². The smallest absolute Gasteiger partial charge is 0.147 e. The van der Waals surface area contributed by atoms with E-state index < -0.39 is 15.7 Å². The zero-order valence-electron chi connectivity index (χ0n) is 9.33. The molecule has 0 atom stereocenters. The molecule has 1 rings (SSSR count). The number of sulfone groups is 1. The highest BCUT2D eigenvalue weighted by Crippen LogP contribution is 2.26.